The SMILES string of the molecule is CC1(NSc2cc(Cl)c3nc(C4CC4)c(-c4nnc(C(F)F)[se]4)n3c2)CC1. The van der Waals surface area contributed by atoms with Crippen LogP contribution in [0.5, 0.6) is 0 Å². The van der Waals surface area contributed by atoms with E-state index in [0.29, 0.717) is 21.2 Å². The first-order valence-electron chi connectivity index (χ1n) is 8.71. The third-order valence-corrected chi connectivity index (χ3v) is 8.18. The standard InChI is InChI=1S/C17H16ClF2N5SSe/c1-17(4-5-17)24-26-9-6-10(18)14-21-11(8-2-3-8)12(25(14)7-9)15-22-23-16(27-15)13(19)20/h6-8,13,24H,2-5H2,1H3. The van der Waals surface area contributed by atoms with Gasteiger partial charge in [-0.3, -0.25) is 0 Å². The molecule has 0 unspecified atom stereocenters. The van der Waals surface area contributed by atoms with Crippen LogP contribution in [0.25, 0.3) is 15.9 Å². The Morgan fingerprint density at radius 2 is 2.15 bits per heavy atom. The summed E-state index contributed by atoms with van der Waals surface area (Å²) in [4.78, 5) is 5.70. The van der Waals surface area contributed by atoms with Gasteiger partial charge >= 0.3 is 170 Å². The molecule has 2 saturated carbocycles. The van der Waals surface area contributed by atoms with E-state index in [1.54, 1.807) is 11.9 Å². The first-order chi connectivity index (χ1) is 12.9. The maximum atomic E-state index is 13.0. The molecule has 3 aromatic rings. The molecule has 2 fully saturated rings. The van der Waals surface area contributed by atoms with Gasteiger partial charge < -0.3 is 0 Å². The Labute approximate surface area is 169 Å². The first-order valence-corrected chi connectivity index (χ1v) is 11.6. The van der Waals surface area contributed by atoms with Gasteiger partial charge in [0.1, 0.15) is 0 Å². The molecule has 0 atom stereocenters. The summed E-state index contributed by atoms with van der Waals surface area (Å²) in [6.45, 7) is 2.19. The van der Waals surface area contributed by atoms with Crippen LogP contribution in [-0.4, -0.2) is 39.6 Å². The van der Waals surface area contributed by atoms with Crippen molar-refractivity contribution in [2.75, 3.05) is 0 Å². The number of aromatic nitrogens is 4. The van der Waals surface area contributed by atoms with Crippen molar-refractivity contribution in [3.63, 3.8) is 0 Å². The van der Waals surface area contributed by atoms with Crippen LogP contribution in [0.3, 0.4) is 0 Å². The number of nitrogens with one attached hydrogen (secondary N) is 1. The Morgan fingerprint density at radius 1 is 1.37 bits per heavy atom. The van der Waals surface area contributed by atoms with E-state index in [0.717, 1.165) is 42.0 Å². The average molecular weight is 475 g/mol. The summed E-state index contributed by atoms with van der Waals surface area (Å²) in [5, 5.41) is 8.35. The Kier molecular flexibility index (Phi) is 4.36. The second-order valence-electron chi connectivity index (χ2n) is 7.35. The van der Waals surface area contributed by atoms with Crippen molar-refractivity contribution in [2.45, 2.75) is 55.4 Å². The Hall–Kier alpha value is -0.991. The topological polar surface area (TPSA) is 55.1 Å². The van der Waals surface area contributed by atoms with Crippen molar-refractivity contribution in [3.8, 4) is 10.3 Å². The molecule has 0 aromatic carbocycles. The summed E-state index contributed by atoms with van der Waals surface area (Å²) in [5.41, 5.74) is 2.54. The van der Waals surface area contributed by atoms with E-state index < -0.39 is 20.9 Å². The molecule has 0 amide bonds. The zero-order valence-corrected chi connectivity index (χ0v) is 17.7. The van der Waals surface area contributed by atoms with Crippen LogP contribution in [-0.2, 0) is 0 Å². The number of alkyl halides is 2. The van der Waals surface area contributed by atoms with Gasteiger partial charge in [-0.05, 0) is 0 Å². The van der Waals surface area contributed by atoms with Crippen molar-refractivity contribution >= 4 is 43.7 Å². The predicted octanol–water partition coefficient (Wildman–Crippen LogP) is 4.47. The van der Waals surface area contributed by atoms with Gasteiger partial charge in [-0.15, -0.1) is 0 Å². The molecule has 0 bridgehead atoms. The molecule has 2 aliphatic rings. The van der Waals surface area contributed by atoms with Gasteiger partial charge in [-0.1, -0.05) is 0 Å². The van der Waals surface area contributed by atoms with Gasteiger partial charge in [0.25, 0.3) is 0 Å². The molecule has 3 aromatic heterocycles. The molecule has 0 spiro atoms. The summed E-state index contributed by atoms with van der Waals surface area (Å²) in [6.07, 6.45) is 3.83. The van der Waals surface area contributed by atoms with Gasteiger partial charge in [-0.2, -0.15) is 0 Å². The van der Waals surface area contributed by atoms with E-state index in [2.05, 4.69) is 21.8 Å². The summed E-state index contributed by atoms with van der Waals surface area (Å²) in [5.74, 6) is 0.352. The second kappa shape index (κ2) is 6.52. The number of rotatable bonds is 6. The van der Waals surface area contributed by atoms with Crippen molar-refractivity contribution in [1.29, 1.82) is 0 Å². The molecule has 5 rings (SSSR count). The van der Waals surface area contributed by atoms with Gasteiger partial charge in [0, 0.05) is 0 Å². The van der Waals surface area contributed by atoms with Crippen LogP contribution in [0.4, 0.5) is 8.78 Å². The van der Waals surface area contributed by atoms with Crippen molar-refractivity contribution < 1.29 is 8.78 Å². The number of imidazole rings is 1. The summed E-state index contributed by atoms with van der Waals surface area (Å²) in [7, 11) is 0. The van der Waals surface area contributed by atoms with E-state index in [1.165, 1.54) is 0 Å². The Balaban J connectivity index is 1.61. The molecule has 0 saturated heterocycles. The molecule has 2 aliphatic carbocycles. The quantitative estimate of drug-likeness (QED) is 0.422. The minimum absolute atomic E-state index is 0.130. The number of fused-ring (bicyclic) bond motifs is 1. The third kappa shape index (κ3) is 3.44. The molecule has 5 nitrogen and oxygen atoms in total. The summed E-state index contributed by atoms with van der Waals surface area (Å²) < 4.78 is 31.9. The van der Waals surface area contributed by atoms with E-state index in [1.807, 2.05) is 16.7 Å². The van der Waals surface area contributed by atoms with E-state index in [9.17, 15) is 8.78 Å². The van der Waals surface area contributed by atoms with Crippen LogP contribution < -0.4 is 4.72 Å². The monoisotopic (exact) mass is 475 g/mol. The minimum atomic E-state index is -2.56. The average Bonchev–Trinajstić information content (AvgIpc) is 3.51. The Morgan fingerprint density at radius 3 is 2.78 bits per heavy atom. The zero-order chi connectivity index (χ0) is 18.8. The molecule has 0 radical (unpaired) electrons. The summed E-state index contributed by atoms with van der Waals surface area (Å²) in [6, 6.07) is 1.90. The fourth-order valence-corrected chi connectivity index (χ4v) is 5.69. The number of nitrogens with zero attached hydrogens (tertiary/aromatic N) is 4. The van der Waals surface area contributed by atoms with Crippen molar-refractivity contribution in [1.82, 2.24) is 24.3 Å². The molecular weight excluding hydrogens is 459 g/mol. The molecule has 10 heteroatoms. The molecule has 3 heterocycles. The van der Waals surface area contributed by atoms with Crippen LogP contribution in [0.15, 0.2) is 17.2 Å². The number of halogens is 3. The van der Waals surface area contributed by atoms with Gasteiger partial charge in [0.15, 0.2) is 0 Å². The predicted molar refractivity (Wildman–Crippen MR) is 102 cm³/mol. The van der Waals surface area contributed by atoms with Gasteiger partial charge in [0.05, 0.1) is 0 Å². The first kappa shape index (κ1) is 18.1. The third-order valence-electron chi connectivity index (χ3n) is 4.89. The number of hydrogen-bond donors (Lipinski definition) is 1. The Bertz CT molecular complexity index is 1030. The zero-order valence-electron chi connectivity index (χ0n) is 14.4. The van der Waals surface area contributed by atoms with Gasteiger partial charge in [0.2, 0.25) is 0 Å². The molecular formula is C17H16ClF2N5SSe. The molecule has 142 valence electrons. The van der Waals surface area contributed by atoms with E-state index in [-0.39, 0.29) is 10.1 Å². The fraction of sp³-hybridized carbons (Fsp3) is 0.471. The van der Waals surface area contributed by atoms with Crippen LogP contribution >= 0.6 is 23.5 Å². The fourth-order valence-electron chi connectivity index (χ4n) is 2.90. The number of hydrogen-bond acceptors (Lipinski definition) is 5. The number of pyridine rings is 1. The van der Waals surface area contributed by atoms with Gasteiger partial charge in [-0.25, -0.2) is 0 Å². The van der Waals surface area contributed by atoms with E-state index in [4.69, 9.17) is 16.6 Å². The molecule has 0 aliphatic heterocycles. The summed E-state index contributed by atoms with van der Waals surface area (Å²) >= 11 is 7.46. The van der Waals surface area contributed by atoms with Crippen LogP contribution in [0.2, 0.25) is 5.02 Å². The molecule has 27 heavy (non-hydrogen) atoms. The maximum absolute atomic E-state index is 13.0. The molecule has 1 N–H and O–H groups in total. The second-order valence-corrected chi connectivity index (χ2v) is 10.8. The van der Waals surface area contributed by atoms with Crippen molar-refractivity contribution in [2.24, 2.45) is 0 Å². The normalized spacial score (nSPS) is 18.6. The van der Waals surface area contributed by atoms with Crippen molar-refractivity contribution in [3.05, 3.63) is 27.5 Å². The van der Waals surface area contributed by atoms with Crippen LogP contribution in [0.1, 0.15) is 55.2 Å². The van der Waals surface area contributed by atoms with E-state index >= 15 is 0 Å². The van der Waals surface area contributed by atoms with Crippen LogP contribution in [0, 0.1) is 0 Å².